The molecule has 1 aliphatic rings. The van der Waals surface area contributed by atoms with Crippen molar-refractivity contribution in [3.8, 4) is 11.1 Å². The molecule has 0 radical (unpaired) electrons. The molecule has 2 nitrogen and oxygen atoms in total. The lowest BCUT2D eigenvalue weighted by atomic mass is 9.62. The fourth-order valence-corrected chi connectivity index (χ4v) is 3.89. The summed E-state index contributed by atoms with van der Waals surface area (Å²) in [6, 6.07) is 10.1. The minimum atomic E-state index is 0.157. The summed E-state index contributed by atoms with van der Waals surface area (Å²) in [5, 5.41) is 0. The molecule has 0 aromatic heterocycles. The number of benzene rings is 2. The van der Waals surface area contributed by atoms with E-state index in [1.54, 1.807) is 6.07 Å². The van der Waals surface area contributed by atoms with Gasteiger partial charge in [0.2, 0.25) is 0 Å². The molecule has 0 fully saturated rings. The molecule has 2 heteroatoms. The Labute approximate surface area is 145 Å². The third kappa shape index (κ3) is 2.64. The number of nitrogen functional groups attached to an aromatic ring is 1. The molecular weight excluding hydrogens is 294 g/mol. The van der Waals surface area contributed by atoms with Gasteiger partial charge in [-0.1, -0.05) is 33.8 Å². The fourth-order valence-electron chi connectivity index (χ4n) is 3.89. The van der Waals surface area contributed by atoms with E-state index >= 15 is 0 Å². The monoisotopic (exact) mass is 321 g/mol. The van der Waals surface area contributed by atoms with Crippen molar-refractivity contribution in [1.82, 2.24) is 0 Å². The third-order valence-electron chi connectivity index (χ3n) is 5.70. The Hall–Kier alpha value is -2.09. The highest BCUT2D eigenvalue weighted by atomic mass is 16.1. The number of carbonyl (C=O) groups is 1. The average molecular weight is 321 g/mol. The number of hydrogen-bond acceptors (Lipinski definition) is 2. The van der Waals surface area contributed by atoms with Crippen LogP contribution in [0, 0.1) is 6.92 Å². The molecule has 2 aromatic carbocycles. The van der Waals surface area contributed by atoms with Crippen LogP contribution in [0.1, 0.15) is 67.6 Å². The summed E-state index contributed by atoms with van der Waals surface area (Å²) in [7, 11) is 0. The average Bonchev–Trinajstić information content (AvgIpc) is 2.52. The van der Waals surface area contributed by atoms with Crippen molar-refractivity contribution in [1.29, 1.82) is 0 Å². The van der Waals surface area contributed by atoms with Gasteiger partial charge in [-0.2, -0.15) is 0 Å². The standard InChI is InChI=1S/C22H27NO/c1-14-10-18-19(22(4,5)9-8-21(18,2)3)12-16(14)17-11-15(13-24)6-7-20(17)23/h6-7,10-13H,8-9,23H2,1-5H3. The van der Waals surface area contributed by atoms with Crippen LogP contribution in [0.5, 0.6) is 0 Å². The van der Waals surface area contributed by atoms with Crippen molar-refractivity contribution in [3.63, 3.8) is 0 Å². The van der Waals surface area contributed by atoms with E-state index in [-0.39, 0.29) is 10.8 Å². The molecule has 24 heavy (non-hydrogen) atoms. The van der Waals surface area contributed by atoms with Crippen LogP contribution in [0.15, 0.2) is 30.3 Å². The first kappa shape index (κ1) is 16.8. The minimum Gasteiger partial charge on any atom is -0.398 e. The molecular formula is C22H27NO. The first-order valence-electron chi connectivity index (χ1n) is 8.66. The quantitative estimate of drug-likeness (QED) is 0.594. The summed E-state index contributed by atoms with van der Waals surface area (Å²) in [6.07, 6.45) is 3.26. The predicted molar refractivity (Wildman–Crippen MR) is 102 cm³/mol. The van der Waals surface area contributed by atoms with E-state index in [0.29, 0.717) is 5.56 Å². The molecule has 0 spiro atoms. The maximum atomic E-state index is 11.2. The van der Waals surface area contributed by atoms with E-state index in [9.17, 15) is 4.79 Å². The zero-order chi connectivity index (χ0) is 17.7. The van der Waals surface area contributed by atoms with E-state index in [0.717, 1.165) is 23.1 Å². The van der Waals surface area contributed by atoms with Crippen molar-refractivity contribution >= 4 is 12.0 Å². The van der Waals surface area contributed by atoms with E-state index in [1.807, 2.05) is 12.1 Å². The summed E-state index contributed by atoms with van der Waals surface area (Å²) in [4.78, 5) is 11.2. The Morgan fingerprint density at radius 3 is 2.08 bits per heavy atom. The van der Waals surface area contributed by atoms with Crippen molar-refractivity contribution in [2.75, 3.05) is 5.73 Å². The second-order valence-electron chi connectivity index (χ2n) is 8.45. The molecule has 2 aromatic rings. The number of fused-ring (bicyclic) bond motifs is 1. The number of anilines is 1. The Morgan fingerprint density at radius 2 is 1.50 bits per heavy atom. The molecule has 0 saturated carbocycles. The van der Waals surface area contributed by atoms with Gasteiger partial charge in [0.15, 0.2) is 0 Å². The molecule has 0 unspecified atom stereocenters. The van der Waals surface area contributed by atoms with Crippen molar-refractivity contribution in [2.45, 2.75) is 58.3 Å². The lowest BCUT2D eigenvalue weighted by molar-refractivity contribution is 0.112. The van der Waals surface area contributed by atoms with Crippen LogP contribution in [0.25, 0.3) is 11.1 Å². The van der Waals surface area contributed by atoms with Gasteiger partial charge in [-0.05, 0) is 77.1 Å². The Bertz CT molecular complexity index is 815. The van der Waals surface area contributed by atoms with Gasteiger partial charge >= 0.3 is 0 Å². The summed E-state index contributed by atoms with van der Waals surface area (Å²) >= 11 is 0. The molecule has 0 atom stereocenters. The highest BCUT2D eigenvalue weighted by molar-refractivity contribution is 5.86. The largest absolute Gasteiger partial charge is 0.398 e. The van der Waals surface area contributed by atoms with Crippen LogP contribution >= 0.6 is 0 Å². The van der Waals surface area contributed by atoms with E-state index < -0.39 is 0 Å². The molecule has 0 amide bonds. The first-order chi connectivity index (χ1) is 11.2. The summed E-state index contributed by atoms with van der Waals surface area (Å²) < 4.78 is 0. The fraction of sp³-hybridized carbons (Fsp3) is 0.409. The van der Waals surface area contributed by atoms with Gasteiger partial charge in [0.1, 0.15) is 6.29 Å². The molecule has 0 bridgehead atoms. The van der Waals surface area contributed by atoms with E-state index in [4.69, 9.17) is 5.73 Å². The van der Waals surface area contributed by atoms with Crippen molar-refractivity contribution in [3.05, 3.63) is 52.6 Å². The molecule has 0 heterocycles. The smallest absolute Gasteiger partial charge is 0.150 e. The first-order valence-corrected chi connectivity index (χ1v) is 8.66. The van der Waals surface area contributed by atoms with E-state index in [1.165, 1.54) is 29.5 Å². The third-order valence-corrected chi connectivity index (χ3v) is 5.70. The summed E-state index contributed by atoms with van der Waals surface area (Å²) in [5.74, 6) is 0. The van der Waals surface area contributed by atoms with Crippen LogP contribution in [-0.4, -0.2) is 6.29 Å². The SMILES string of the molecule is Cc1cc2c(cc1-c1cc(C=O)ccc1N)C(C)(C)CCC2(C)C. The van der Waals surface area contributed by atoms with Crippen molar-refractivity contribution in [2.24, 2.45) is 0 Å². The topological polar surface area (TPSA) is 43.1 Å². The molecule has 2 N–H and O–H groups in total. The van der Waals surface area contributed by atoms with Crippen LogP contribution in [0.4, 0.5) is 5.69 Å². The predicted octanol–water partition coefficient (Wildman–Crippen LogP) is 5.41. The molecule has 0 aliphatic heterocycles. The van der Waals surface area contributed by atoms with Gasteiger partial charge in [0.05, 0.1) is 0 Å². The number of aldehydes is 1. The number of aryl methyl sites for hydroxylation is 1. The van der Waals surface area contributed by atoms with Gasteiger partial charge in [0, 0.05) is 16.8 Å². The highest BCUT2D eigenvalue weighted by Crippen LogP contribution is 2.48. The number of rotatable bonds is 2. The van der Waals surface area contributed by atoms with Gasteiger partial charge in [-0.3, -0.25) is 4.79 Å². The zero-order valence-corrected chi connectivity index (χ0v) is 15.4. The normalized spacial score (nSPS) is 18.0. The lowest BCUT2D eigenvalue weighted by Crippen LogP contribution is -2.34. The van der Waals surface area contributed by atoms with Crippen LogP contribution in [0.3, 0.4) is 0 Å². The molecule has 126 valence electrons. The van der Waals surface area contributed by atoms with Gasteiger partial charge in [0.25, 0.3) is 0 Å². The number of hydrogen-bond donors (Lipinski definition) is 1. The lowest BCUT2D eigenvalue weighted by Gasteiger charge is -2.42. The Kier molecular flexibility index (Phi) is 3.82. The molecule has 3 rings (SSSR count). The van der Waals surface area contributed by atoms with Crippen LogP contribution in [-0.2, 0) is 10.8 Å². The Morgan fingerprint density at radius 1 is 0.917 bits per heavy atom. The van der Waals surface area contributed by atoms with Crippen LogP contribution < -0.4 is 5.73 Å². The van der Waals surface area contributed by atoms with Crippen LogP contribution in [0.2, 0.25) is 0 Å². The summed E-state index contributed by atoms with van der Waals surface area (Å²) in [6.45, 7) is 11.5. The highest BCUT2D eigenvalue weighted by Gasteiger charge is 2.37. The summed E-state index contributed by atoms with van der Waals surface area (Å²) in [5.41, 5.74) is 14.1. The van der Waals surface area contributed by atoms with Gasteiger partial charge in [-0.25, -0.2) is 0 Å². The second kappa shape index (κ2) is 5.47. The molecule has 0 saturated heterocycles. The Balaban J connectivity index is 2.28. The minimum absolute atomic E-state index is 0.157. The van der Waals surface area contributed by atoms with Crippen molar-refractivity contribution < 1.29 is 4.79 Å². The van der Waals surface area contributed by atoms with Gasteiger partial charge in [-0.15, -0.1) is 0 Å². The maximum Gasteiger partial charge on any atom is 0.150 e. The van der Waals surface area contributed by atoms with E-state index in [2.05, 4.69) is 46.8 Å². The van der Waals surface area contributed by atoms with Gasteiger partial charge < -0.3 is 5.73 Å². The zero-order valence-electron chi connectivity index (χ0n) is 15.4. The number of nitrogens with two attached hydrogens (primary N) is 1. The molecule has 1 aliphatic carbocycles. The number of carbonyl (C=O) groups excluding carboxylic acids is 1. The maximum absolute atomic E-state index is 11.2. The second-order valence-corrected chi connectivity index (χ2v) is 8.45.